The first-order chi connectivity index (χ1) is 48.3. The Labute approximate surface area is 569 Å². The number of benzene rings is 5. The molecule has 101 heavy (non-hydrogen) atoms. The Bertz CT molecular complexity index is 5040. The molecule has 0 unspecified atom stereocenters. The molecule has 25 nitrogen and oxygen atoms in total. The minimum Gasteiger partial charge on any atom is -0.481 e. The second-order valence-corrected chi connectivity index (χ2v) is 21.6. The number of hydrogen-bond donors (Lipinski definition) is 4. The van der Waals surface area contributed by atoms with E-state index in [4.69, 9.17) is 20.4 Å². The summed E-state index contributed by atoms with van der Waals surface area (Å²) in [5.74, 6) is -4.39. The monoisotopic (exact) mass is 1380 g/mol. The van der Waals surface area contributed by atoms with Gasteiger partial charge in [0.25, 0.3) is 11.8 Å². The predicted octanol–water partition coefficient (Wildman–Crippen LogP) is 7.84. The van der Waals surface area contributed by atoms with Crippen LogP contribution < -0.4 is 27.3 Å². The molecule has 5 N–H and O–H groups in total. The maximum Gasteiger partial charge on any atom is 0.360 e. The van der Waals surface area contributed by atoms with E-state index in [1.165, 1.54) is 107 Å². The van der Waals surface area contributed by atoms with Crippen LogP contribution in [0.15, 0.2) is 195 Å². The smallest absolute Gasteiger partial charge is 0.360 e. The van der Waals surface area contributed by atoms with Gasteiger partial charge in [0, 0.05) is 65.4 Å². The number of Topliss-reactive ketones (excluding diaryl/α,β-unsaturated/α-hetero) is 3. The standard InChI is InChI=1S/C18H15FN4O3.C17H12FN5O2.C10H11FO.C9H10FNO.C9H7N3O3.C8H7FO2/c1-23-14-3-2-8-20-15(14)17(25)16(22-23)18(26)21-10-13(24)9-11-4-6-12(19)7-5-11;1-23-12-3-2-8-19-14(12)16(24)15(22-23)17-21-20-13(25-17)9-10-4-6-11(18)7-5-10;1-2-10(12)7-8-3-5-9(11)6-4-8;10-8-3-1-7(2-4-8)5-9(12)6-11;1-12-5-3-2-4-10-6(5)8(13)7(11-12)9(14)15;9-7-3-1-6(2-4-7)5-8(10)11/h2-8H,9-10H2,1H3,(H,21,26);2-8H,9H2,1H3;3-6H,2,7H2,1H3;1-4H,5-6,11H2;2-4H,1H3,(H,14,15);1-4H,5H2,(H,10,11). The molecule has 0 saturated heterocycles. The SMILES string of the molecule is CCC(=O)Cc1ccc(F)cc1.Cn1nc(-c2nnc(Cc3ccc(F)cc3)o2)c(=O)c2ncccc21.Cn1nc(C(=O)NCC(=O)Cc2ccc(F)cc2)c(=O)c2ncccc21.Cn1nc(C(=O)O)c(=O)c2ncccc21.NCC(=O)Cc1ccc(F)cc1.O=C(O)Cc1ccc(F)cc1. The lowest BCUT2D eigenvalue weighted by Gasteiger charge is -2.07. The number of hydrogen-bond acceptors (Lipinski definition) is 19. The van der Waals surface area contributed by atoms with Crippen LogP contribution in [0.5, 0.6) is 0 Å². The lowest BCUT2D eigenvalue weighted by Crippen LogP contribution is -2.35. The predicted molar refractivity (Wildman–Crippen MR) is 359 cm³/mol. The Morgan fingerprint density at radius 3 is 1.24 bits per heavy atom. The zero-order valence-electron chi connectivity index (χ0n) is 54.3. The van der Waals surface area contributed by atoms with Gasteiger partial charge in [0.05, 0.1) is 42.5 Å². The third-order valence-corrected chi connectivity index (χ3v) is 14.1. The third-order valence-electron chi connectivity index (χ3n) is 14.1. The van der Waals surface area contributed by atoms with Gasteiger partial charge in [-0.1, -0.05) is 67.6 Å². The number of aromatic carboxylic acids is 1. The van der Waals surface area contributed by atoms with Crippen molar-refractivity contribution in [3.8, 4) is 11.6 Å². The largest absolute Gasteiger partial charge is 0.481 e. The number of nitrogens with two attached hydrogens (primary N) is 1. The second-order valence-electron chi connectivity index (χ2n) is 21.6. The number of nitrogens with one attached hydrogen (secondary N) is 1. The quantitative estimate of drug-likeness (QED) is 0.0630. The molecule has 0 fully saturated rings. The van der Waals surface area contributed by atoms with E-state index >= 15 is 0 Å². The lowest BCUT2D eigenvalue weighted by atomic mass is 10.1. The maximum absolute atomic E-state index is 13.0. The van der Waals surface area contributed by atoms with Crippen molar-refractivity contribution in [1.29, 1.82) is 0 Å². The zero-order chi connectivity index (χ0) is 73.3. The van der Waals surface area contributed by atoms with Gasteiger partial charge >= 0.3 is 11.9 Å². The molecule has 0 bridgehead atoms. The number of halogens is 5. The van der Waals surface area contributed by atoms with Gasteiger partial charge in [0.15, 0.2) is 23.0 Å². The van der Waals surface area contributed by atoms with E-state index in [0.29, 0.717) is 52.8 Å². The van der Waals surface area contributed by atoms with Crippen molar-refractivity contribution in [2.45, 2.75) is 45.4 Å². The molecule has 7 heterocycles. The van der Waals surface area contributed by atoms with E-state index in [1.807, 2.05) is 6.92 Å². The average Bonchev–Trinajstić information content (AvgIpc) is 1.49. The number of aliphatic carboxylic acids is 1. The Hall–Kier alpha value is -12.9. The number of ketones is 3. The van der Waals surface area contributed by atoms with Gasteiger partial charge in [-0.3, -0.25) is 67.4 Å². The Morgan fingerprint density at radius 1 is 0.465 bits per heavy atom. The van der Waals surface area contributed by atoms with E-state index in [2.05, 4.69) is 45.8 Å². The summed E-state index contributed by atoms with van der Waals surface area (Å²) in [4.78, 5) is 115. The molecule has 7 aromatic heterocycles. The summed E-state index contributed by atoms with van der Waals surface area (Å²) < 4.78 is 72.7. The van der Waals surface area contributed by atoms with Crippen molar-refractivity contribution < 1.29 is 65.3 Å². The van der Waals surface area contributed by atoms with Crippen molar-refractivity contribution in [1.82, 2.24) is 59.8 Å². The van der Waals surface area contributed by atoms with Crippen LogP contribution in [-0.4, -0.2) is 113 Å². The first-order valence-electron chi connectivity index (χ1n) is 30.3. The second kappa shape index (κ2) is 36.5. The highest BCUT2D eigenvalue weighted by molar-refractivity contribution is 5.97. The van der Waals surface area contributed by atoms with Gasteiger partial charge < -0.3 is 25.7 Å². The van der Waals surface area contributed by atoms with Gasteiger partial charge in [-0.2, -0.15) is 15.3 Å². The molecular weight excluding hydrogens is 1320 g/mol. The van der Waals surface area contributed by atoms with Crippen LogP contribution in [-0.2, 0) is 72.4 Å². The maximum atomic E-state index is 13.0. The number of rotatable bonds is 17. The zero-order valence-corrected chi connectivity index (χ0v) is 54.3. The normalized spacial score (nSPS) is 10.4. The number of aryl methyl sites for hydroxylation is 3. The van der Waals surface area contributed by atoms with Crippen molar-refractivity contribution >= 4 is 68.3 Å². The van der Waals surface area contributed by atoms with Gasteiger partial charge in [-0.15, -0.1) is 10.2 Å². The fourth-order valence-corrected chi connectivity index (χ4v) is 9.00. The molecule has 12 rings (SSSR count). The van der Waals surface area contributed by atoms with Crippen LogP contribution in [0.1, 0.15) is 68.0 Å². The molecule has 12 aromatic rings. The highest BCUT2D eigenvalue weighted by Crippen LogP contribution is 2.18. The number of aromatic nitrogens is 11. The molecule has 0 radical (unpaired) electrons. The topological polar surface area (TPSA) is 363 Å². The van der Waals surface area contributed by atoms with Gasteiger partial charge in [-0.25, -0.2) is 26.7 Å². The van der Waals surface area contributed by atoms with Gasteiger partial charge in [0.1, 0.15) is 51.4 Å². The lowest BCUT2D eigenvalue weighted by molar-refractivity contribution is -0.136. The first kappa shape index (κ1) is 75.5. The van der Waals surface area contributed by atoms with Crippen LogP contribution in [0.25, 0.3) is 44.7 Å². The van der Waals surface area contributed by atoms with Crippen LogP contribution in [0.4, 0.5) is 22.0 Å². The summed E-state index contributed by atoms with van der Waals surface area (Å²) in [5.41, 5.74) is 8.61. The number of carbonyl (C=O) groups excluding carboxylic acids is 4. The Morgan fingerprint density at radius 2 is 0.832 bits per heavy atom. The summed E-state index contributed by atoms with van der Waals surface area (Å²) in [6.07, 6.45) is 6.00. The van der Waals surface area contributed by atoms with E-state index in [1.54, 1.807) is 105 Å². The van der Waals surface area contributed by atoms with Crippen molar-refractivity contribution in [2.24, 2.45) is 26.9 Å². The number of carboxylic acids is 2. The molecule has 0 aliphatic carbocycles. The fraction of sp³-hybridized carbons (Fsp3) is 0.169. The van der Waals surface area contributed by atoms with Crippen LogP contribution in [0.2, 0.25) is 0 Å². The Balaban J connectivity index is 0.000000177. The summed E-state index contributed by atoms with van der Waals surface area (Å²) in [5, 5.41) is 39.2. The number of carboxylic acid groups (broad SMARTS) is 2. The molecule has 0 spiro atoms. The molecule has 0 saturated carbocycles. The number of carbonyl (C=O) groups is 6. The molecule has 518 valence electrons. The molecule has 30 heteroatoms. The highest BCUT2D eigenvalue weighted by Gasteiger charge is 2.21. The van der Waals surface area contributed by atoms with Crippen molar-refractivity contribution in [3.05, 3.63) is 281 Å². The number of pyridine rings is 3. The molecule has 5 aromatic carbocycles. The van der Waals surface area contributed by atoms with Gasteiger partial charge in [-0.05, 0) is 125 Å². The van der Waals surface area contributed by atoms with E-state index in [-0.39, 0.29) is 118 Å². The highest BCUT2D eigenvalue weighted by atomic mass is 19.1. The summed E-state index contributed by atoms with van der Waals surface area (Å²) in [7, 11) is 4.87. The summed E-state index contributed by atoms with van der Waals surface area (Å²) in [6.45, 7) is 1.60. The van der Waals surface area contributed by atoms with Crippen molar-refractivity contribution in [2.75, 3.05) is 13.1 Å². The summed E-state index contributed by atoms with van der Waals surface area (Å²) >= 11 is 0. The molecular formula is C71H62F5N13O12. The van der Waals surface area contributed by atoms with Gasteiger partial charge in [0.2, 0.25) is 27.9 Å². The molecule has 0 aliphatic rings. The minimum atomic E-state index is -1.34. The van der Waals surface area contributed by atoms with Crippen molar-refractivity contribution in [3.63, 3.8) is 0 Å². The molecule has 0 atom stereocenters. The number of fused-ring (bicyclic) bond motifs is 3. The fourth-order valence-electron chi connectivity index (χ4n) is 9.00. The minimum absolute atomic E-state index is 0.0327. The van der Waals surface area contributed by atoms with E-state index in [9.17, 15) is 65.1 Å². The van der Waals surface area contributed by atoms with Crippen LogP contribution in [0.3, 0.4) is 0 Å². The van der Waals surface area contributed by atoms with Crippen LogP contribution in [0, 0.1) is 29.1 Å². The van der Waals surface area contributed by atoms with E-state index in [0.717, 1.165) is 16.7 Å². The number of amides is 1. The van der Waals surface area contributed by atoms with Crippen LogP contribution >= 0.6 is 0 Å². The van der Waals surface area contributed by atoms with E-state index < -0.39 is 34.4 Å². The summed E-state index contributed by atoms with van der Waals surface area (Å²) in [6, 6.07) is 38.9. The average molecular weight is 1380 g/mol. The Kier molecular flexibility index (Phi) is 27.3. The number of nitrogens with zero attached hydrogens (tertiary/aromatic N) is 11. The first-order valence-corrected chi connectivity index (χ1v) is 30.3. The third kappa shape index (κ3) is 22.3. The molecule has 0 aliphatic heterocycles. The molecule has 1 amide bonds.